The monoisotopic (exact) mass is 214 g/mol. The molecule has 0 aromatic rings. The number of hydrogen-bond acceptors (Lipinski definition) is 0. The summed E-state index contributed by atoms with van der Waals surface area (Å²) < 4.78 is 0. The maximum atomic E-state index is 5.58. The highest BCUT2D eigenvalue weighted by Crippen LogP contribution is 2.02. The first-order valence-electron chi connectivity index (χ1n) is 5.79. The van der Waals surface area contributed by atoms with Crippen LogP contribution < -0.4 is 0 Å². The van der Waals surface area contributed by atoms with Crippen molar-refractivity contribution in [3.8, 4) is 0 Å². The number of hydrogen-bond donors (Lipinski definition) is 0. The second-order valence-electron chi connectivity index (χ2n) is 3.54. The zero-order chi connectivity index (χ0) is 10.5. The number of rotatable bonds is 9. The number of unbranched alkanes of at least 4 members (excludes halogenated alkanes) is 5. The third-order valence-electron chi connectivity index (χ3n) is 2.11. The van der Waals surface area contributed by atoms with Crippen LogP contribution in [0.2, 0.25) is 0 Å². The van der Waals surface area contributed by atoms with Crippen molar-refractivity contribution in [2.75, 3.05) is 5.88 Å². The molecule has 0 saturated heterocycles. The van der Waals surface area contributed by atoms with Gasteiger partial charge in [0.15, 0.2) is 0 Å². The Morgan fingerprint density at radius 1 is 0.857 bits per heavy atom. The Hall–Kier alpha value is -0.230. The number of alkyl halides is 1. The van der Waals surface area contributed by atoms with Crippen molar-refractivity contribution in [1.29, 1.82) is 0 Å². The Balaban J connectivity index is 3.14. The quantitative estimate of drug-likeness (QED) is 0.285. The van der Waals surface area contributed by atoms with Gasteiger partial charge in [0.25, 0.3) is 0 Å². The van der Waals surface area contributed by atoms with Gasteiger partial charge in [-0.1, -0.05) is 50.5 Å². The van der Waals surface area contributed by atoms with Crippen LogP contribution in [-0.2, 0) is 0 Å². The summed E-state index contributed by atoms with van der Waals surface area (Å²) in [7, 11) is 0. The topological polar surface area (TPSA) is 0 Å². The van der Waals surface area contributed by atoms with Gasteiger partial charge in [-0.15, -0.1) is 11.6 Å². The zero-order valence-corrected chi connectivity index (χ0v) is 10.1. The first-order valence-corrected chi connectivity index (χ1v) is 6.33. The van der Waals surface area contributed by atoms with Gasteiger partial charge in [-0.25, -0.2) is 0 Å². The highest BCUT2D eigenvalue weighted by atomic mass is 35.5. The normalized spacial score (nSPS) is 11.9. The fraction of sp³-hybridized carbons (Fsp3) is 0.692. The Morgan fingerprint density at radius 3 is 2.07 bits per heavy atom. The van der Waals surface area contributed by atoms with Gasteiger partial charge in [-0.3, -0.25) is 0 Å². The summed E-state index contributed by atoms with van der Waals surface area (Å²) in [6.45, 7) is 2.22. The van der Waals surface area contributed by atoms with Crippen LogP contribution in [0.4, 0.5) is 0 Å². The fourth-order valence-electron chi connectivity index (χ4n) is 1.21. The Labute approximate surface area is 94.0 Å². The Morgan fingerprint density at radius 2 is 1.50 bits per heavy atom. The Kier molecular flexibility index (Phi) is 12.6. The highest BCUT2D eigenvalue weighted by Gasteiger charge is 1.84. The van der Waals surface area contributed by atoms with E-state index in [9.17, 15) is 0 Å². The summed E-state index contributed by atoms with van der Waals surface area (Å²) in [6, 6.07) is 0. The lowest BCUT2D eigenvalue weighted by Gasteiger charge is -1.92. The van der Waals surface area contributed by atoms with E-state index in [2.05, 4.69) is 31.2 Å². The molecule has 0 aliphatic rings. The second-order valence-corrected chi connectivity index (χ2v) is 3.91. The minimum atomic E-state index is 0.806. The van der Waals surface area contributed by atoms with Crippen LogP contribution in [-0.4, -0.2) is 5.88 Å². The molecule has 0 amide bonds. The van der Waals surface area contributed by atoms with E-state index >= 15 is 0 Å². The molecule has 0 N–H and O–H groups in total. The third kappa shape index (κ3) is 11.8. The van der Waals surface area contributed by atoms with E-state index in [-0.39, 0.29) is 0 Å². The van der Waals surface area contributed by atoms with Crippen molar-refractivity contribution in [3.05, 3.63) is 24.3 Å². The van der Waals surface area contributed by atoms with E-state index in [0.717, 1.165) is 12.3 Å². The minimum absolute atomic E-state index is 0.806. The number of halogens is 1. The highest BCUT2D eigenvalue weighted by molar-refractivity contribution is 6.17. The molecule has 0 fully saturated rings. The lowest BCUT2D eigenvalue weighted by atomic mass is 10.2. The molecular weight excluding hydrogens is 192 g/mol. The van der Waals surface area contributed by atoms with Crippen LogP contribution in [0.25, 0.3) is 0 Å². The SMILES string of the molecule is CCCC/C=C\C=C\CCCCCCl. The summed E-state index contributed by atoms with van der Waals surface area (Å²) in [5, 5.41) is 0. The van der Waals surface area contributed by atoms with Gasteiger partial charge in [0.2, 0.25) is 0 Å². The molecule has 0 aromatic heterocycles. The van der Waals surface area contributed by atoms with Gasteiger partial charge in [0, 0.05) is 5.88 Å². The molecule has 0 nitrogen and oxygen atoms in total. The first-order chi connectivity index (χ1) is 6.91. The zero-order valence-electron chi connectivity index (χ0n) is 9.34. The number of allylic oxidation sites excluding steroid dienone is 4. The maximum Gasteiger partial charge on any atom is 0.0223 e. The van der Waals surface area contributed by atoms with Gasteiger partial charge in [0.1, 0.15) is 0 Å². The van der Waals surface area contributed by atoms with Crippen LogP contribution in [0.5, 0.6) is 0 Å². The molecule has 82 valence electrons. The van der Waals surface area contributed by atoms with E-state index < -0.39 is 0 Å². The van der Waals surface area contributed by atoms with E-state index in [1.54, 1.807) is 0 Å². The lowest BCUT2D eigenvalue weighted by molar-refractivity contribution is 0.732. The van der Waals surface area contributed by atoms with Crippen LogP contribution in [0, 0.1) is 0 Å². The first kappa shape index (κ1) is 13.8. The standard InChI is InChI=1S/C13H23Cl/c1-2-3-4-5-6-7-8-9-10-11-12-13-14/h5-8H,2-4,9-13H2,1H3/b6-5-,8-7+. The summed E-state index contributed by atoms with van der Waals surface area (Å²) in [6.07, 6.45) is 17.5. The van der Waals surface area contributed by atoms with E-state index in [4.69, 9.17) is 11.6 Å². The minimum Gasteiger partial charge on any atom is -0.127 e. The van der Waals surface area contributed by atoms with Gasteiger partial charge < -0.3 is 0 Å². The van der Waals surface area contributed by atoms with Crippen LogP contribution >= 0.6 is 11.6 Å². The van der Waals surface area contributed by atoms with Crippen molar-refractivity contribution in [3.63, 3.8) is 0 Å². The van der Waals surface area contributed by atoms with E-state index in [1.807, 2.05) is 0 Å². The van der Waals surface area contributed by atoms with Crippen molar-refractivity contribution in [2.24, 2.45) is 0 Å². The summed E-state index contributed by atoms with van der Waals surface area (Å²) >= 11 is 5.58. The fourth-order valence-corrected chi connectivity index (χ4v) is 1.39. The predicted octanol–water partition coefficient (Wildman–Crippen LogP) is 5.09. The smallest absolute Gasteiger partial charge is 0.0223 e. The average Bonchev–Trinajstić information content (AvgIpc) is 2.21. The average molecular weight is 215 g/mol. The molecule has 0 radical (unpaired) electrons. The van der Waals surface area contributed by atoms with E-state index in [0.29, 0.717) is 0 Å². The molecule has 1 heteroatoms. The second kappa shape index (κ2) is 12.8. The molecule has 0 bridgehead atoms. The molecular formula is C13H23Cl. The van der Waals surface area contributed by atoms with Crippen molar-refractivity contribution in [1.82, 2.24) is 0 Å². The molecule has 0 aliphatic heterocycles. The largest absolute Gasteiger partial charge is 0.127 e. The van der Waals surface area contributed by atoms with Crippen molar-refractivity contribution < 1.29 is 0 Å². The third-order valence-corrected chi connectivity index (χ3v) is 2.38. The van der Waals surface area contributed by atoms with Crippen LogP contribution in [0.1, 0.15) is 51.9 Å². The van der Waals surface area contributed by atoms with Gasteiger partial charge >= 0.3 is 0 Å². The van der Waals surface area contributed by atoms with Gasteiger partial charge in [0.05, 0.1) is 0 Å². The molecule has 0 unspecified atom stereocenters. The molecule has 0 saturated carbocycles. The van der Waals surface area contributed by atoms with Gasteiger partial charge in [-0.2, -0.15) is 0 Å². The van der Waals surface area contributed by atoms with Crippen LogP contribution in [0.3, 0.4) is 0 Å². The molecule has 0 atom stereocenters. The molecule has 0 aromatic carbocycles. The Bertz CT molecular complexity index is 147. The lowest BCUT2D eigenvalue weighted by Crippen LogP contribution is -1.75. The molecule has 0 rings (SSSR count). The molecule has 0 heterocycles. The summed E-state index contributed by atoms with van der Waals surface area (Å²) in [4.78, 5) is 0. The molecule has 0 spiro atoms. The van der Waals surface area contributed by atoms with Crippen molar-refractivity contribution >= 4 is 11.6 Å². The van der Waals surface area contributed by atoms with Gasteiger partial charge in [-0.05, 0) is 25.7 Å². The molecule has 14 heavy (non-hydrogen) atoms. The maximum absolute atomic E-state index is 5.58. The predicted molar refractivity (Wildman–Crippen MR) is 67.0 cm³/mol. The van der Waals surface area contributed by atoms with E-state index in [1.165, 1.54) is 38.5 Å². The van der Waals surface area contributed by atoms with Crippen LogP contribution in [0.15, 0.2) is 24.3 Å². The summed E-state index contributed by atoms with van der Waals surface area (Å²) in [5.41, 5.74) is 0. The van der Waals surface area contributed by atoms with Crippen molar-refractivity contribution in [2.45, 2.75) is 51.9 Å². The molecule has 0 aliphatic carbocycles. The summed E-state index contributed by atoms with van der Waals surface area (Å²) in [5.74, 6) is 0.806.